The zero-order valence-corrected chi connectivity index (χ0v) is 8.43. The molecule has 0 saturated heterocycles. The summed E-state index contributed by atoms with van der Waals surface area (Å²) in [6, 6.07) is 4.62. The van der Waals surface area contributed by atoms with E-state index in [1.54, 1.807) is 5.92 Å². The topological polar surface area (TPSA) is 54.4 Å². The van der Waals surface area contributed by atoms with Crippen molar-refractivity contribution in [2.24, 2.45) is 0 Å². The Morgan fingerprint density at radius 1 is 1.19 bits per heavy atom. The summed E-state index contributed by atoms with van der Waals surface area (Å²) in [5.74, 6) is 2.57. The Bertz CT molecular complexity index is 549. The van der Waals surface area contributed by atoms with E-state index >= 15 is 0 Å². The van der Waals surface area contributed by atoms with Crippen molar-refractivity contribution in [3.05, 3.63) is 29.8 Å². The average Bonchev–Trinajstić information content (AvgIpc) is 2.12. The molecule has 7 heteroatoms. The van der Waals surface area contributed by atoms with Gasteiger partial charge < -0.3 is 0 Å². The van der Waals surface area contributed by atoms with E-state index in [4.69, 9.17) is 4.55 Å². The fourth-order valence-electron chi connectivity index (χ4n) is 0.933. The van der Waals surface area contributed by atoms with Gasteiger partial charge in [0.1, 0.15) is 4.90 Å². The average molecular weight is 250 g/mol. The van der Waals surface area contributed by atoms with Crippen molar-refractivity contribution >= 4 is 10.1 Å². The van der Waals surface area contributed by atoms with Gasteiger partial charge >= 0.3 is 6.18 Å². The van der Waals surface area contributed by atoms with Crippen molar-refractivity contribution in [1.82, 2.24) is 0 Å². The van der Waals surface area contributed by atoms with Crippen LogP contribution in [0.25, 0.3) is 0 Å². The maximum atomic E-state index is 11.8. The van der Waals surface area contributed by atoms with Crippen LogP contribution in [0, 0.1) is 11.8 Å². The lowest BCUT2D eigenvalue weighted by Gasteiger charge is -1.99. The molecule has 0 unspecified atom stereocenters. The summed E-state index contributed by atoms with van der Waals surface area (Å²) in [4.78, 5) is -0.647. The van der Waals surface area contributed by atoms with Gasteiger partial charge in [0, 0.05) is 11.5 Å². The molecule has 0 aliphatic carbocycles. The van der Waals surface area contributed by atoms with Crippen molar-refractivity contribution in [2.75, 3.05) is 0 Å². The van der Waals surface area contributed by atoms with Crippen molar-refractivity contribution < 1.29 is 26.1 Å². The van der Waals surface area contributed by atoms with Crippen LogP contribution in [-0.4, -0.2) is 19.1 Å². The third-order valence-electron chi connectivity index (χ3n) is 1.50. The molecular weight excluding hydrogens is 245 g/mol. The monoisotopic (exact) mass is 250 g/mol. The highest BCUT2D eigenvalue weighted by Crippen LogP contribution is 2.16. The zero-order valence-electron chi connectivity index (χ0n) is 7.62. The summed E-state index contributed by atoms with van der Waals surface area (Å²) in [5.41, 5.74) is -0.401. The summed E-state index contributed by atoms with van der Waals surface area (Å²) in [6.45, 7) is 0. The van der Waals surface area contributed by atoms with Crippen molar-refractivity contribution in [3.63, 3.8) is 0 Å². The van der Waals surface area contributed by atoms with Crippen LogP contribution in [0.15, 0.2) is 29.2 Å². The van der Waals surface area contributed by atoms with E-state index in [1.165, 1.54) is 12.1 Å². The Morgan fingerprint density at radius 2 is 1.75 bits per heavy atom. The van der Waals surface area contributed by atoms with Gasteiger partial charge in [0.25, 0.3) is 10.1 Å². The molecule has 0 bridgehead atoms. The van der Waals surface area contributed by atoms with Gasteiger partial charge in [0.05, 0.1) is 0 Å². The molecule has 0 fully saturated rings. The van der Waals surface area contributed by atoms with E-state index in [0.717, 1.165) is 18.1 Å². The fourth-order valence-corrected chi connectivity index (χ4v) is 1.58. The zero-order chi connectivity index (χ0) is 12.4. The number of alkyl halides is 3. The Kier molecular flexibility index (Phi) is 3.26. The van der Waals surface area contributed by atoms with E-state index < -0.39 is 26.8 Å². The van der Waals surface area contributed by atoms with E-state index in [2.05, 4.69) is 0 Å². The maximum Gasteiger partial charge on any atom is 0.458 e. The van der Waals surface area contributed by atoms with Gasteiger partial charge in [-0.2, -0.15) is 21.6 Å². The Hall–Kier alpha value is -1.52. The molecule has 86 valence electrons. The summed E-state index contributed by atoms with van der Waals surface area (Å²) in [5, 5.41) is 0. The van der Waals surface area contributed by atoms with Crippen molar-refractivity contribution in [3.8, 4) is 11.8 Å². The molecule has 1 rings (SSSR count). The maximum absolute atomic E-state index is 11.8. The van der Waals surface area contributed by atoms with Crippen LogP contribution < -0.4 is 0 Å². The van der Waals surface area contributed by atoms with Crippen molar-refractivity contribution in [1.29, 1.82) is 0 Å². The molecular formula is C9H5F3O3S. The van der Waals surface area contributed by atoms with Gasteiger partial charge in [-0.05, 0) is 12.1 Å². The molecule has 0 heterocycles. The normalized spacial score (nSPS) is 11.8. The quantitative estimate of drug-likeness (QED) is 0.611. The van der Waals surface area contributed by atoms with E-state index in [1.807, 2.05) is 0 Å². The first-order valence-electron chi connectivity index (χ1n) is 3.86. The van der Waals surface area contributed by atoms with Crippen LogP contribution in [0.1, 0.15) is 5.56 Å². The minimum Gasteiger partial charge on any atom is -0.282 e. The van der Waals surface area contributed by atoms with Crippen molar-refractivity contribution in [2.45, 2.75) is 11.1 Å². The molecule has 0 amide bonds. The minimum absolute atomic E-state index is 0.401. The first kappa shape index (κ1) is 12.5. The lowest BCUT2D eigenvalue weighted by Crippen LogP contribution is -2.04. The fraction of sp³-hybridized carbons (Fsp3) is 0.111. The van der Waals surface area contributed by atoms with Crippen LogP contribution in [0.4, 0.5) is 13.2 Å². The summed E-state index contributed by atoms with van der Waals surface area (Å²) in [6.07, 6.45) is -4.72. The number of benzene rings is 1. The molecule has 0 aliphatic heterocycles. The number of halogens is 3. The second-order valence-corrected chi connectivity index (χ2v) is 4.11. The SMILES string of the molecule is O=S(=O)(O)c1ccccc1C#CC(F)(F)F. The van der Waals surface area contributed by atoms with Gasteiger partial charge in [0.15, 0.2) is 0 Å². The van der Waals surface area contributed by atoms with Gasteiger partial charge in [-0.1, -0.05) is 18.1 Å². The Morgan fingerprint density at radius 3 is 2.25 bits per heavy atom. The molecule has 0 spiro atoms. The van der Waals surface area contributed by atoms with Gasteiger partial charge in [0.2, 0.25) is 0 Å². The summed E-state index contributed by atoms with van der Waals surface area (Å²) >= 11 is 0. The minimum atomic E-state index is -4.72. The second-order valence-electron chi connectivity index (χ2n) is 2.72. The Labute approximate surface area is 89.7 Å². The van der Waals surface area contributed by atoms with Gasteiger partial charge in [-0.15, -0.1) is 0 Å². The first-order chi connectivity index (χ1) is 7.20. The van der Waals surface area contributed by atoms with Gasteiger partial charge in [-0.3, -0.25) is 4.55 Å². The van der Waals surface area contributed by atoms with Crippen LogP contribution >= 0.6 is 0 Å². The molecule has 0 aromatic heterocycles. The standard InChI is InChI=1S/C9H5F3O3S/c10-9(11,12)6-5-7-3-1-2-4-8(7)16(13,14)15/h1-4H,(H,13,14,15). The third-order valence-corrected chi connectivity index (χ3v) is 2.42. The molecule has 3 nitrogen and oxygen atoms in total. The molecule has 0 saturated carbocycles. The second kappa shape index (κ2) is 4.15. The third kappa shape index (κ3) is 3.56. The number of rotatable bonds is 1. The van der Waals surface area contributed by atoms with Crippen LogP contribution in [-0.2, 0) is 10.1 Å². The predicted octanol–water partition coefficient (Wildman–Crippen LogP) is 1.85. The molecule has 0 radical (unpaired) electrons. The van der Waals surface area contributed by atoms with Crippen LogP contribution in [0.5, 0.6) is 0 Å². The van der Waals surface area contributed by atoms with E-state index in [-0.39, 0.29) is 0 Å². The van der Waals surface area contributed by atoms with Crippen LogP contribution in [0.2, 0.25) is 0 Å². The van der Waals surface area contributed by atoms with E-state index in [9.17, 15) is 21.6 Å². The van der Waals surface area contributed by atoms with Crippen LogP contribution in [0.3, 0.4) is 0 Å². The van der Waals surface area contributed by atoms with E-state index in [0.29, 0.717) is 0 Å². The lowest BCUT2D eigenvalue weighted by atomic mass is 10.2. The number of hydrogen-bond donors (Lipinski definition) is 1. The summed E-state index contributed by atoms with van der Waals surface area (Å²) in [7, 11) is -4.57. The molecule has 1 aromatic rings. The summed E-state index contributed by atoms with van der Waals surface area (Å²) < 4.78 is 65.6. The lowest BCUT2D eigenvalue weighted by molar-refractivity contribution is -0.0696. The highest BCUT2D eigenvalue weighted by atomic mass is 32.2. The molecule has 1 aromatic carbocycles. The molecule has 0 aliphatic rings. The highest BCUT2D eigenvalue weighted by molar-refractivity contribution is 7.85. The number of hydrogen-bond acceptors (Lipinski definition) is 2. The first-order valence-corrected chi connectivity index (χ1v) is 5.30. The predicted molar refractivity (Wildman–Crippen MR) is 49.2 cm³/mol. The highest BCUT2D eigenvalue weighted by Gasteiger charge is 2.23. The largest absolute Gasteiger partial charge is 0.458 e. The Balaban J connectivity index is 3.30. The molecule has 1 N–H and O–H groups in total. The molecule has 0 atom stereocenters. The van der Waals surface area contributed by atoms with Gasteiger partial charge in [-0.25, -0.2) is 0 Å². The molecule has 16 heavy (non-hydrogen) atoms. The smallest absolute Gasteiger partial charge is 0.282 e.